The number of rotatable bonds is 2. The highest BCUT2D eigenvalue weighted by molar-refractivity contribution is 5.71. The van der Waals surface area contributed by atoms with Gasteiger partial charge in [-0.1, -0.05) is 13.8 Å². The second-order valence-electron chi connectivity index (χ2n) is 3.79. The molecule has 0 aromatic heterocycles. The number of hydrogen-bond donors (Lipinski definition) is 0. The summed E-state index contributed by atoms with van der Waals surface area (Å²) in [6.45, 7) is 6.34. The molecule has 0 aromatic rings. The van der Waals surface area contributed by atoms with E-state index in [2.05, 4.69) is 13.8 Å². The fraction of sp³-hybridized carbons (Fsp3) is 0.889. The molecule has 1 fully saturated rings. The van der Waals surface area contributed by atoms with Crippen LogP contribution in [0, 0.1) is 11.8 Å². The van der Waals surface area contributed by atoms with Crippen LogP contribution in [-0.2, 0) is 9.53 Å². The Labute approximate surface area is 67.9 Å². The second-order valence-corrected chi connectivity index (χ2v) is 3.79. The van der Waals surface area contributed by atoms with Crippen LogP contribution in [0.5, 0.6) is 0 Å². The summed E-state index contributed by atoms with van der Waals surface area (Å²) in [6, 6.07) is 0. The smallest absolute Gasteiger partial charge is 0.306 e. The topological polar surface area (TPSA) is 26.3 Å². The number of hydrogen-bond acceptors (Lipinski definition) is 2. The fourth-order valence-corrected chi connectivity index (χ4v) is 1.61. The van der Waals surface area contributed by atoms with E-state index in [0.29, 0.717) is 18.3 Å². The first-order valence-electron chi connectivity index (χ1n) is 4.29. The summed E-state index contributed by atoms with van der Waals surface area (Å²) in [5, 5.41) is 0. The average Bonchev–Trinajstić information content (AvgIpc) is 2.09. The van der Waals surface area contributed by atoms with E-state index in [0.717, 1.165) is 6.42 Å². The predicted octanol–water partition coefficient (Wildman–Crippen LogP) is 1.98. The molecular weight excluding hydrogens is 140 g/mol. The molecule has 0 bridgehead atoms. The van der Waals surface area contributed by atoms with Crippen molar-refractivity contribution < 1.29 is 9.53 Å². The Bertz CT molecular complexity index is 152. The van der Waals surface area contributed by atoms with Crippen LogP contribution in [0.15, 0.2) is 0 Å². The molecule has 0 aliphatic carbocycles. The van der Waals surface area contributed by atoms with Gasteiger partial charge in [-0.05, 0) is 19.3 Å². The largest absolute Gasteiger partial charge is 0.462 e. The Hall–Kier alpha value is -0.530. The van der Waals surface area contributed by atoms with Gasteiger partial charge < -0.3 is 4.74 Å². The standard InChI is InChI=1S/C9H16O2/c1-6(2)4-8-5-9(10)11-7(8)3/h6-8H,4-5H2,1-3H3/t7-,8+/m1/s1. The number of ether oxygens (including phenoxy) is 1. The third-order valence-corrected chi connectivity index (χ3v) is 2.18. The van der Waals surface area contributed by atoms with Gasteiger partial charge in [0.15, 0.2) is 0 Å². The molecule has 0 amide bonds. The third kappa shape index (κ3) is 2.21. The van der Waals surface area contributed by atoms with Gasteiger partial charge in [0.05, 0.1) is 6.42 Å². The van der Waals surface area contributed by atoms with Crippen LogP contribution in [0.25, 0.3) is 0 Å². The summed E-state index contributed by atoms with van der Waals surface area (Å²) in [5.74, 6) is 1.10. The molecule has 0 radical (unpaired) electrons. The van der Waals surface area contributed by atoms with Crippen molar-refractivity contribution in [1.82, 2.24) is 0 Å². The fourth-order valence-electron chi connectivity index (χ4n) is 1.61. The minimum absolute atomic E-state index is 0.0249. The van der Waals surface area contributed by atoms with E-state index >= 15 is 0 Å². The number of esters is 1. The normalized spacial score (nSPS) is 31.1. The van der Waals surface area contributed by atoms with Crippen molar-refractivity contribution in [3.63, 3.8) is 0 Å². The molecule has 0 N–H and O–H groups in total. The first-order valence-corrected chi connectivity index (χ1v) is 4.29. The predicted molar refractivity (Wildman–Crippen MR) is 43.1 cm³/mol. The molecule has 64 valence electrons. The zero-order valence-corrected chi connectivity index (χ0v) is 7.46. The third-order valence-electron chi connectivity index (χ3n) is 2.18. The summed E-state index contributed by atoms with van der Waals surface area (Å²) in [5.41, 5.74) is 0. The van der Waals surface area contributed by atoms with Crippen LogP contribution in [0.2, 0.25) is 0 Å². The average molecular weight is 156 g/mol. The van der Waals surface area contributed by atoms with E-state index in [1.54, 1.807) is 0 Å². The Morgan fingerprint density at radius 3 is 2.64 bits per heavy atom. The summed E-state index contributed by atoms with van der Waals surface area (Å²) < 4.78 is 5.04. The van der Waals surface area contributed by atoms with E-state index in [9.17, 15) is 4.79 Å². The van der Waals surface area contributed by atoms with E-state index in [1.807, 2.05) is 6.92 Å². The Morgan fingerprint density at radius 1 is 1.64 bits per heavy atom. The molecule has 1 aliphatic rings. The Morgan fingerprint density at radius 2 is 2.27 bits per heavy atom. The van der Waals surface area contributed by atoms with E-state index in [4.69, 9.17) is 4.74 Å². The van der Waals surface area contributed by atoms with Crippen LogP contribution >= 0.6 is 0 Å². The molecule has 2 nitrogen and oxygen atoms in total. The molecule has 1 aliphatic heterocycles. The lowest BCUT2D eigenvalue weighted by atomic mass is 9.92. The van der Waals surface area contributed by atoms with Gasteiger partial charge in [0.1, 0.15) is 6.10 Å². The number of carbonyl (C=O) groups is 1. The van der Waals surface area contributed by atoms with Crippen molar-refractivity contribution in [3.05, 3.63) is 0 Å². The quantitative estimate of drug-likeness (QED) is 0.571. The molecule has 11 heavy (non-hydrogen) atoms. The van der Waals surface area contributed by atoms with E-state index in [1.165, 1.54) is 0 Å². The molecule has 1 rings (SSSR count). The first kappa shape index (κ1) is 8.57. The lowest BCUT2D eigenvalue weighted by Crippen LogP contribution is -2.13. The van der Waals surface area contributed by atoms with Gasteiger partial charge in [-0.15, -0.1) is 0 Å². The maximum absolute atomic E-state index is 10.8. The lowest BCUT2D eigenvalue weighted by Gasteiger charge is -2.14. The highest BCUT2D eigenvalue weighted by atomic mass is 16.5. The van der Waals surface area contributed by atoms with Crippen LogP contribution in [0.4, 0.5) is 0 Å². The van der Waals surface area contributed by atoms with Gasteiger partial charge >= 0.3 is 5.97 Å². The molecule has 2 atom stereocenters. The van der Waals surface area contributed by atoms with E-state index < -0.39 is 0 Å². The van der Waals surface area contributed by atoms with Crippen LogP contribution in [-0.4, -0.2) is 12.1 Å². The first-order chi connectivity index (χ1) is 5.09. The molecule has 0 aromatic carbocycles. The zero-order valence-electron chi connectivity index (χ0n) is 7.46. The molecule has 1 heterocycles. The van der Waals surface area contributed by atoms with Gasteiger partial charge in [-0.25, -0.2) is 0 Å². The molecule has 0 unspecified atom stereocenters. The van der Waals surface area contributed by atoms with Gasteiger partial charge in [-0.3, -0.25) is 4.79 Å². The van der Waals surface area contributed by atoms with Crippen molar-refractivity contribution in [2.24, 2.45) is 11.8 Å². The SMILES string of the molecule is CC(C)C[C@H]1CC(=O)O[C@@H]1C. The van der Waals surface area contributed by atoms with Crippen molar-refractivity contribution >= 4 is 5.97 Å². The summed E-state index contributed by atoms with van der Waals surface area (Å²) in [4.78, 5) is 10.8. The van der Waals surface area contributed by atoms with Gasteiger partial charge in [-0.2, -0.15) is 0 Å². The minimum Gasteiger partial charge on any atom is -0.462 e. The van der Waals surface area contributed by atoms with E-state index in [-0.39, 0.29) is 12.1 Å². The molecule has 0 spiro atoms. The highest BCUT2D eigenvalue weighted by Crippen LogP contribution is 2.27. The minimum atomic E-state index is -0.0249. The van der Waals surface area contributed by atoms with Crippen molar-refractivity contribution in [2.45, 2.75) is 39.7 Å². The molecular formula is C9H16O2. The Kier molecular flexibility index (Phi) is 2.53. The molecule has 0 saturated carbocycles. The number of cyclic esters (lactones) is 1. The van der Waals surface area contributed by atoms with Crippen LogP contribution < -0.4 is 0 Å². The van der Waals surface area contributed by atoms with Crippen molar-refractivity contribution in [2.75, 3.05) is 0 Å². The van der Waals surface area contributed by atoms with Crippen molar-refractivity contribution in [1.29, 1.82) is 0 Å². The lowest BCUT2D eigenvalue weighted by molar-refractivity contribution is -0.140. The maximum Gasteiger partial charge on any atom is 0.306 e. The van der Waals surface area contributed by atoms with Gasteiger partial charge in [0.25, 0.3) is 0 Å². The monoisotopic (exact) mass is 156 g/mol. The van der Waals surface area contributed by atoms with Crippen LogP contribution in [0.1, 0.15) is 33.6 Å². The Balaban J connectivity index is 2.40. The molecule has 2 heteroatoms. The molecule has 1 saturated heterocycles. The summed E-state index contributed by atoms with van der Waals surface area (Å²) in [6.07, 6.45) is 1.87. The van der Waals surface area contributed by atoms with Gasteiger partial charge in [0.2, 0.25) is 0 Å². The van der Waals surface area contributed by atoms with Crippen LogP contribution in [0.3, 0.4) is 0 Å². The summed E-state index contributed by atoms with van der Waals surface area (Å²) in [7, 11) is 0. The van der Waals surface area contributed by atoms with Gasteiger partial charge in [0, 0.05) is 5.92 Å². The summed E-state index contributed by atoms with van der Waals surface area (Å²) >= 11 is 0. The zero-order chi connectivity index (χ0) is 8.43. The maximum atomic E-state index is 10.8. The number of carbonyl (C=O) groups excluding carboxylic acids is 1. The van der Waals surface area contributed by atoms with Crippen molar-refractivity contribution in [3.8, 4) is 0 Å². The highest BCUT2D eigenvalue weighted by Gasteiger charge is 2.31. The second kappa shape index (κ2) is 3.24.